The van der Waals surface area contributed by atoms with E-state index in [1.807, 2.05) is 18.2 Å². The molecule has 1 saturated heterocycles. The third-order valence-corrected chi connectivity index (χ3v) is 4.93. The first-order chi connectivity index (χ1) is 10.7. The van der Waals surface area contributed by atoms with Crippen LogP contribution in [-0.4, -0.2) is 30.0 Å². The van der Waals surface area contributed by atoms with Crippen molar-refractivity contribution in [3.05, 3.63) is 40.2 Å². The van der Waals surface area contributed by atoms with E-state index in [2.05, 4.69) is 29.7 Å². The summed E-state index contributed by atoms with van der Waals surface area (Å²) in [6.07, 6.45) is 2.82. The van der Waals surface area contributed by atoms with Gasteiger partial charge in [-0.15, -0.1) is 23.7 Å². The summed E-state index contributed by atoms with van der Waals surface area (Å²) < 4.78 is 0. The second-order valence-corrected chi connectivity index (χ2v) is 6.86. The van der Waals surface area contributed by atoms with Crippen LogP contribution in [0.15, 0.2) is 30.3 Å². The number of halogens is 1. The molecule has 1 aliphatic rings. The van der Waals surface area contributed by atoms with E-state index >= 15 is 0 Å². The normalized spacial score (nSPS) is 16.8. The number of thiazole rings is 1. The Morgan fingerprint density at radius 2 is 2.17 bits per heavy atom. The molecule has 4 nitrogen and oxygen atoms in total. The van der Waals surface area contributed by atoms with Crippen LogP contribution < -0.4 is 10.6 Å². The zero-order valence-electron chi connectivity index (χ0n) is 13.2. The lowest BCUT2D eigenvalue weighted by atomic mass is 10.1. The number of nitrogens with zero attached hydrogens (tertiary/aromatic N) is 1. The molecule has 1 aromatic heterocycles. The van der Waals surface area contributed by atoms with Gasteiger partial charge < -0.3 is 10.6 Å². The Morgan fingerprint density at radius 3 is 2.87 bits per heavy atom. The fraction of sp³-hybridized carbons (Fsp3) is 0.412. The number of hydrogen-bond acceptors (Lipinski definition) is 4. The van der Waals surface area contributed by atoms with Crippen molar-refractivity contribution in [2.45, 2.75) is 32.2 Å². The van der Waals surface area contributed by atoms with Gasteiger partial charge in [0.25, 0.3) is 0 Å². The zero-order valence-corrected chi connectivity index (χ0v) is 14.8. The molecule has 1 fully saturated rings. The SMILES string of the molecule is Cc1sc(CCNC(=O)[C@@H]2CCCN2)nc1-c1ccccc1.Cl. The Labute approximate surface area is 147 Å². The van der Waals surface area contributed by atoms with Gasteiger partial charge in [-0.2, -0.15) is 0 Å². The molecule has 1 amide bonds. The van der Waals surface area contributed by atoms with E-state index in [1.54, 1.807) is 11.3 Å². The Hall–Kier alpha value is -1.43. The number of nitrogens with one attached hydrogen (secondary N) is 2. The van der Waals surface area contributed by atoms with E-state index in [9.17, 15) is 4.79 Å². The zero-order chi connectivity index (χ0) is 15.4. The fourth-order valence-corrected chi connectivity index (χ4v) is 3.70. The Kier molecular flexibility index (Phi) is 6.57. The number of aryl methyl sites for hydroxylation is 1. The first kappa shape index (κ1) is 17.9. The van der Waals surface area contributed by atoms with Gasteiger partial charge in [-0.25, -0.2) is 4.98 Å². The first-order valence-electron chi connectivity index (χ1n) is 7.77. The van der Waals surface area contributed by atoms with Crippen LogP contribution >= 0.6 is 23.7 Å². The van der Waals surface area contributed by atoms with Crippen LogP contribution in [-0.2, 0) is 11.2 Å². The van der Waals surface area contributed by atoms with Gasteiger partial charge in [-0.3, -0.25) is 4.79 Å². The number of benzene rings is 1. The highest BCUT2D eigenvalue weighted by Crippen LogP contribution is 2.27. The molecule has 0 spiro atoms. The van der Waals surface area contributed by atoms with Crippen molar-refractivity contribution in [3.63, 3.8) is 0 Å². The monoisotopic (exact) mass is 351 g/mol. The quantitative estimate of drug-likeness (QED) is 0.870. The van der Waals surface area contributed by atoms with E-state index in [1.165, 1.54) is 4.88 Å². The first-order valence-corrected chi connectivity index (χ1v) is 8.58. The molecule has 23 heavy (non-hydrogen) atoms. The van der Waals surface area contributed by atoms with Gasteiger partial charge in [-0.05, 0) is 26.3 Å². The standard InChI is InChI=1S/C17H21N3OS.ClH/c1-12-16(13-6-3-2-4-7-13)20-15(22-12)9-11-19-17(21)14-8-5-10-18-14;/h2-4,6-7,14,18H,5,8-11H2,1H3,(H,19,21);1H/t14-;/m0./s1. The van der Waals surface area contributed by atoms with Crippen LogP contribution in [0.25, 0.3) is 11.3 Å². The van der Waals surface area contributed by atoms with E-state index in [-0.39, 0.29) is 24.4 Å². The van der Waals surface area contributed by atoms with Crippen molar-refractivity contribution < 1.29 is 4.79 Å². The summed E-state index contributed by atoms with van der Waals surface area (Å²) in [5.74, 6) is 0.120. The Balaban J connectivity index is 0.00000192. The minimum atomic E-state index is -0.00193. The molecule has 1 atom stereocenters. The van der Waals surface area contributed by atoms with Gasteiger partial charge in [-0.1, -0.05) is 30.3 Å². The van der Waals surface area contributed by atoms with Crippen LogP contribution in [0.1, 0.15) is 22.7 Å². The van der Waals surface area contributed by atoms with Crippen molar-refractivity contribution in [3.8, 4) is 11.3 Å². The average Bonchev–Trinajstić information content (AvgIpc) is 3.18. The van der Waals surface area contributed by atoms with E-state index in [4.69, 9.17) is 4.98 Å². The highest BCUT2D eigenvalue weighted by Gasteiger charge is 2.21. The van der Waals surface area contributed by atoms with Crippen LogP contribution in [0.3, 0.4) is 0 Å². The molecular weight excluding hydrogens is 330 g/mol. The third kappa shape index (κ3) is 4.53. The lowest BCUT2D eigenvalue weighted by Gasteiger charge is -2.10. The lowest BCUT2D eigenvalue weighted by molar-refractivity contribution is -0.122. The number of carbonyl (C=O) groups excluding carboxylic acids is 1. The Bertz CT molecular complexity index is 639. The van der Waals surface area contributed by atoms with E-state index in [0.717, 1.165) is 42.1 Å². The molecule has 0 unspecified atom stereocenters. The number of hydrogen-bond donors (Lipinski definition) is 2. The van der Waals surface area contributed by atoms with Crippen molar-refractivity contribution in [2.75, 3.05) is 13.1 Å². The van der Waals surface area contributed by atoms with Crippen LogP contribution in [0.5, 0.6) is 0 Å². The third-order valence-electron chi connectivity index (χ3n) is 3.90. The largest absolute Gasteiger partial charge is 0.354 e. The predicted octanol–water partition coefficient (Wildman–Crippen LogP) is 2.95. The van der Waals surface area contributed by atoms with Gasteiger partial charge >= 0.3 is 0 Å². The minimum absolute atomic E-state index is 0. The van der Waals surface area contributed by atoms with Crippen LogP contribution in [0, 0.1) is 6.92 Å². The molecule has 1 aromatic carbocycles. The maximum Gasteiger partial charge on any atom is 0.237 e. The molecule has 0 radical (unpaired) electrons. The molecule has 2 aromatic rings. The molecule has 0 saturated carbocycles. The molecule has 6 heteroatoms. The molecule has 2 N–H and O–H groups in total. The van der Waals surface area contributed by atoms with Gasteiger partial charge in [0.05, 0.1) is 16.7 Å². The topological polar surface area (TPSA) is 54.0 Å². The second kappa shape index (κ2) is 8.43. The molecule has 2 heterocycles. The number of carbonyl (C=O) groups is 1. The van der Waals surface area contributed by atoms with Gasteiger partial charge in [0, 0.05) is 23.4 Å². The van der Waals surface area contributed by atoms with E-state index in [0.29, 0.717) is 6.54 Å². The number of rotatable bonds is 5. The molecule has 3 rings (SSSR count). The van der Waals surface area contributed by atoms with Crippen molar-refractivity contribution in [2.24, 2.45) is 0 Å². The van der Waals surface area contributed by atoms with E-state index < -0.39 is 0 Å². The summed E-state index contributed by atoms with van der Waals surface area (Å²) in [5, 5.41) is 7.30. The second-order valence-electron chi connectivity index (χ2n) is 5.57. The van der Waals surface area contributed by atoms with Crippen LogP contribution in [0.4, 0.5) is 0 Å². The summed E-state index contributed by atoms with van der Waals surface area (Å²) in [7, 11) is 0. The van der Waals surface area contributed by atoms with Crippen molar-refractivity contribution in [1.29, 1.82) is 0 Å². The Morgan fingerprint density at radius 1 is 1.39 bits per heavy atom. The molecule has 124 valence electrons. The average molecular weight is 352 g/mol. The predicted molar refractivity (Wildman–Crippen MR) is 97.3 cm³/mol. The smallest absolute Gasteiger partial charge is 0.237 e. The maximum atomic E-state index is 11.9. The molecular formula is C17H22ClN3OS. The number of amides is 1. The minimum Gasteiger partial charge on any atom is -0.354 e. The van der Waals surface area contributed by atoms with Crippen LogP contribution in [0.2, 0.25) is 0 Å². The lowest BCUT2D eigenvalue weighted by Crippen LogP contribution is -2.41. The van der Waals surface area contributed by atoms with Crippen molar-refractivity contribution in [1.82, 2.24) is 15.6 Å². The number of aromatic nitrogens is 1. The van der Waals surface area contributed by atoms with Gasteiger partial charge in [0.15, 0.2) is 0 Å². The summed E-state index contributed by atoms with van der Waals surface area (Å²) in [6.45, 7) is 3.70. The highest BCUT2D eigenvalue weighted by molar-refractivity contribution is 7.12. The van der Waals surface area contributed by atoms with Gasteiger partial charge in [0.1, 0.15) is 0 Å². The van der Waals surface area contributed by atoms with Gasteiger partial charge in [0.2, 0.25) is 5.91 Å². The fourth-order valence-electron chi connectivity index (χ4n) is 2.75. The highest BCUT2D eigenvalue weighted by atomic mass is 35.5. The maximum absolute atomic E-state index is 11.9. The summed E-state index contributed by atoms with van der Waals surface area (Å²) >= 11 is 1.72. The van der Waals surface area contributed by atoms with Crippen molar-refractivity contribution >= 4 is 29.7 Å². The summed E-state index contributed by atoms with van der Waals surface area (Å²) in [5.41, 5.74) is 2.21. The molecule has 1 aliphatic heterocycles. The molecule has 0 bridgehead atoms. The summed E-state index contributed by atoms with van der Waals surface area (Å²) in [4.78, 5) is 17.9. The summed E-state index contributed by atoms with van der Waals surface area (Å²) in [6, 6.07) is 10.2. The molecule has 0 aliphatic carbocycles.